The lowest BCUT2D eigenvalue weighted by Gasteiger charge is -2.30. The van der Waals surface area contributed by atoms with Crippen molar-refractivity contribution in [2.45, 2.75) is 12.1 Å². The Morgan fingerprint density at radius 3 is 2.81 bits per heavy atom. The van der Waals surface area contributed by atoms with Crippen LogP contribution in [0.1, 0.15) is 22.3 Å². The predicted octanol–water partition coefficient (Wildman–Crippen LogP) is 2.76. The largest absolute Gasteiger partial charge is 0.421 e. The van der Waals surface area contributed by atoms with Crippen LogP contribution in [0.25, 0.3) is 0 Å². The standard InChI is InChI=1S/C19H17F2N3O3/c1-24(11-16(27-12-25)14(10-20)23-24)15-7-5-6-13(18(22)26)17(15)19(21)8-3-2-4-9-19/h2-8,11-12H,9-10H2,1H3,(H-,22,26)/p+1. The molecule has 27 heavy (non-hydrogen) atoms. The van der Waals surface area contributed by atoms with E-state index in [9.17, 15) is 14.0 Å². The SMILES string of the molecule is C[N+]1(c2cccc(C(N)=O)c2C2(F)C=CC=CC2)C=C(OC=O)C(CF)=N1. The lowest BCUT2D eigenvalue weighted by Crippen LogP contribution is -2.36. The average molecular weight is 374 g/mol. The van der Waals surface area contributed by atoms with Crippen molar-refractivity contribution < 1.29 is 23.1 Å². The highest BCUT2D eigenvalue weighted by Crippen LogP contribution is 2.45. The number of hydrogen-bond donors (Lipinski definition) is 1. The third-order valence-electron chi connectivity index (χ3n) is 4.52. The minimum absolute atomic E-state index is 0.00187. The van der Waals surface area contributed by atoms with Gasteiger partial charge in [0.05, 0.1) is 11.1 Å². The summed E-state index contributed by atoms with van der Waals surface area (Å²) in [5.41, 5.74) is 3.73. The van der Waals surface area contributed by atoms with E-state index in [1.165, 1.54) is 18.3 Å². The van der Waals surface area contributed by atoms with Gasteiger partial charge in [0.25, 0.3) is 6.47 Å². The van der Waals surface area contributed by atoms with Gasteiger partial charge in [-0.2, -0.15) is 0 Å². The zero-order valence-corrected chi connectivity index (χ0v) is 14.6. The van der Waals surface area contributed by atoms with Crippen LogP contribution in [0.2, 0.25) is 0 Å². The third-order valence-corrected chi connectivity index (χ3v) is 4.52. The van der Waals surface area contributed by atoms with E-state index >= 15 is 4.39 Å². The zero-order valence-electron chi connectivity index (χ0n) is 14.6. The zero-order chi connectivity index (χ0) is 19.7. The average Bonchev–Trinajstić information content (AvgIpc) is 2.99. The molecule has 2 N–H and O–H groups in total. The highest BCUT2D eigenvalue weighted by atomic mass is 19.1. The quantitative estimate of drug-likeness (QED) is 0.614. The minimum atomic E-state index is -2.00. The van der Waals surface area contributed by atoms with Gasteiger partial charge in [-0.15, -0.1) is 4.59 Å². The first-order valence-corrected chi connectivity index (χ1v) is 8.16. The maximum atomic E-state index is 15.8. The highest BCUT2D eigenvalue weighted by Gasteiger charge is 2.44. The third kappa shape index (κ3) is 3.19. The summed E-state index contributed by atoms with van der Waals surface area (Å²) in [7, 11) is 1.56. The van der Waals surface area contributed by atoms with Crippen LogP contribution in [0.5, 0.6) is 0 Å². The molecule has 1 aromatic rings. The van der Waals surface area contributed by atoms with Crippen LogP contribution in [-0.4, -0.2) is 31.8 Å². The summed E-state index contributed by atoms with van der Waals surface area (Å²) in [5, 5.41) is 4.24. The van der Waals surface area contributed by atoms with Crippen LogP contribution in [-0.2, 0) is 15.2 Å². The number of carbonyl (C=O) groups is 2. The normalized spacial score (nSPS) is 26.5. The molecule has 3 rings (SSSR count). The van der Waals surface area contributed by atoms with Gasteiger partial charge >= 0.3 is 0 Å². The number of halogens is 2. The Morgan fingerprint density at radius 1 is 1.44 bits per heavy atom. The molecule has 1 amide bonds. The number of amides is 1. The Kier molecular flexibility index (Phi) is 4.75. The Labute approximate surface area is 154 Å². The molecule has 0 spiro atoms. The Balaban J connectivity index is 2.26. The van der Waals surface area contributed by atoms with E-state index in [-0.39, 0.29) is 41.2 Å². The molecule has 0 fully saturated rings. The van der Waals surface area contributed by atoms with E-state index in [4.69, 9.17) is 10.5 Å². The van der Waals surface area contributed by atoms with Gasteiger partial charge in [0.2, 0.25) is 11.7 Å². The molecule has 2 atom stereocenters. The van der Waals surface area contributed by atoms with Gasteiger partial charge < -0.3 is 10.5 Å². The molecular weight excluding hydrogens is 356 g/mol. The maximum absolute atomic E-state index is 15.8. The fraction of sp³-hybridized carbons (Fsp3) is 0.211. The number of carbonyl (C=O) groups excluding carboxylic acids is 2. The van der Waals surface area contributed by atoms with Crippen molar-refractivity contribution in [2.75, 3.05) is 13.7 Å². The van der Waals surface area contributed by atoms with E-state index in [0.29, 0.717) is 0 Å². The van der Waals surface area contributed by atoms with Gasteiger partial charge in [0.1, 0.15) is 13.7 Å². The molecule has 1 aliphatic heterocycles. The van der Waals surface area contributed by atoms with Gasteiger partial charge in [-0.05, 0) is 12.1 Å². The summed E-state index contributed by atoms with van der Waals surface area (Å²) < 4.78 is 33.5. The smallest absolute Gasteiger partial charge is 0.298 e. The summed E-state index contributed by atoms with van der Waals surface area (Å²) in [5.74, 6) is -0.849. The molecule has 0 aromatic heterocycles. The van der Waals surface area contributed by atoms with Gasteiger partial charge in [-0.25, -0.2) is 8.78 Å². The van der Waals surface area contributed by atoms with Gasteiger partial charge in [-0.1, -0.05) is 29.4 Å². The van der Waals surface area contributed by atoms with Gasteiger partial charge in [0.15, 0.2) is 23.3 Å². The number of hydrogen-bond acceptors (Lipinski definition) is 4. The number of rotatable bonds is 6. The molecule has 140 valence electrons. The Bertz CT molecular complexity index is 923. The van der Waals surface area contributed by atoms with Crippen LogP contribution >= 0.6 is 0 Å². The summed E-state index contributed by atoms with van der Waals surface area (Å²) in [4.78, 5) is 22.7. The van der Waals surface area contributed by atoms with Crippen molar-refractivity contribution in [3.8, 4) is 0 Å². The number of benzene rings is 1. The van der Waals surface area contributed by atoms with E-state index in [1.54, 1.807) is 37.4 Å². The van der Waals surface area contributed by atoms with Gasteiger partial charge in [0, 0.05) is 12.5 Å². The first kappa shape index (κ1) is 18.7. The topological polar surface area (TPSA) is 81.8 Å². The first-order valence-electron chi connectivity index (χ1n) is 8.16. The summed E-state index contributed by atoms with van der Waals surface area (Å²) in [6.45, 7) is -0.805. The van der Waals surface area contributed by atoms with Crippen molar-refractivity contribution in [3.63, 3.8) is 0 Å². The number of alkyl halides is 2. The van der Waals surface area contributed by atoms with Crippen molar-refractivity contribution in [3.05, 3.63) is 65.6 Å². The van der Waals surface area contributed by atoms with Crippen LogP contribution < -0.4 is 10.3 Å². The number of ether oxygens (including phenoxy) is 1. The van der Waals surface area contributed by atoms with Crippen LogP contribution in [0.3, 0.4) is 0 Å². The molecule has 6 nitrogen and oxygen atoms in total. The lowest BCUT2D eigenvalue weighted by molar-refractivity contribution is -0.124. The molecule has 1 heterocycles. The highest BCUT2D eigenvalue weighted by molar-refractivity contribution is 6.03. The number of nitrogens with two attached hydrogens (primary N) is 1. The monoisotopic (exact) mass is 374 g/mol. The predicted molar refractivity (Wildman–Crippen MR) is 97.0 cm³/mol. The second-order valence-electron chi connectivity index (χ2n) is 6.33. The summed E-state index contributed by atoms with van der Waals surface area (Å²) >= 11 is 0. The van der Waals surface area contributed by atoms with E-state index in [2.05, 4.69) is 5.10 Å². The molecule has 0 saturated heterocycles. The molecule has 0 bridgehead atoms. The van der Waals surface area contributed by atoms with Crippen molar-refractivity contribution in [2.24, 2.45) is 10.8 Å². The van der Waals surface area contributed by atoms with Crippen LogP contribution in [0.4, 0.5) is 14.5 Å². The molecule has 0 radical (unpaired) electrons. The van der Waals surface area contributed by atoms with Crippen LogP contribution in [0, 0.1) is 0 Å². The second-order valence-corrected chi connectivity index (χ2v) is 6.33. The number of primary amides is 1. The molecule has 1 aromatic carbocycles. The van der Waals surface area contributed by atoms with Crippen molar-refractivity contribution >= 4 is 23.8 Å². The van der Waals surface area contributed by atoms with Crippen molar-refractivity contribution in [1.82, 2.24) is 4.59 Å². The first-order chi connectivity index (χ1) is 12.8. The lowest BCUT2D eigenvalue weighted by atomic mass is 9.84. The van der Waals surface area contributed by atoms with E-state index in [1.807, 2.05) is 0 Å². The van der Waals surface area contributed by atoms with E-state index < -0.39 is 22.8 Å². The summed E-state index contributed by atoms with van der Waals surface area (Å²) in [6.07, 6.45) is 7.60. The molecule has 0 saturated carbocycles. The molecular formula is C19H18F2N3O3+. The van der Waals surface area contributed by atoms with Crippen LogP contribution in [0.15, 0.2) is 59.6 Å². The van der Waals surface area contributed by atoms with E-state index in [0.717, 1.165) is 0 Å². The maximum Gasteiger partial charge on any atom is 0.298 e. The molecule has 2 unspecified atom stereocenters. The fourth-order valence-corrected chi connectivity index (χ4v) is 3.34. The fourth-order valence-electron chi connectivity index (χ4n) is 3.34. The molecule has 2 aliphatic rings. The molecule has 1 aliphatic carbocycles. The molecule has 8 heteroatoms. The number of quaternary nitrogens is 1. The van der Waals surface area contributed by atoms with Gasteiger partial charge in [-0.3, -0.25) is 9.59 Å². The number of nitrogens with zero attached hydrogens (tertiary/aromatic N) is 2. The van der Waals surface area contributed by atoms with Crippen molar-refractivity contribution in [1.29, 1.82) is 0 Å². The minimum Gasteiger partial charge on any atom is -0.421 e. The summed E-state index contributed by atoms with van der Waals surface area (Å²) in [6, 6.07) is 4.56. The number of allylic oxidation sites excluding steroid dienone is 5. The Morgan fingerprint density at radius 2 is 2.22 bits per heavy atom. The second kappa shape index (κ2) is 6.88. The Hall–Kier alpha value is -3.13.